The molecule has 2 bridgehead atoms. The number of phenols is 1. The largest absolute Gasteiger partial charge is 0.504 e. The average Bonchev–Trinajstić information content (AvgIpc) is 3.06. The van der Waals surface area contributed by atoms with Gasteiger partial charge in [0.15, 0.2) is 11.5 Å². The molecule has 1 aromatic carbocycles. The molecule has 0 radical (unpaired) electrons. The number of hydroxylamine groups is 2. The molecule has 7 heteroatoms. The number of likely N-dealkylation sites (tertiary alicyclic amines) is 1. The van der Waals surface area contributed by atoms with Crippen LogP contribution in [0.4, 0.5) is 0 Å². The standard InChI is InChI=1S/C25H36N2O5/c1-6-30-27(14-20(29)32-24(2,3)4)17-9-8-16-18-13-15-7-10-19(28)22-21(15)25(16,23(17)31-22)11-12-26(18)5/h7,10,16-18,23,28H,6,8-9,11-14H2,1-5H3/t16-,17-,18+,23-,25-/m0/s1. The van der Waals surface area contributed by atoms with Crippen LogP contribution in [0.25, 0.3) is 0 Å². The Kier molecular flexibility index (Phi) is 5.23. The molecule has 1 saturated carbocycles. The molecule has 176 valence electrons. The minimum atomic E-state index is -0.545. The Morgan fingerprint density at radius 1 is 1.34 bits per heavy atom. The Morgan fingerprint density at radius 2 is 2.12 bits per heavy atom. The molecule has 2 heterocycles. The molecule has 2 fully saturated rings. The lowest BCUT2D eigenvalue weighted by atomic mass is 9.51. The van der Waals surface area contributed by atoms with Crippen LogP contribution in [0.5, 0.6) is 11.5 Å². The molecule has 0 aromatic heterocycles. The van der Waals surface area contributed by atoms with Gasteiger partial charge in [0.05, 0.1) is 12.6 Å². The summed E-state index contributed by atoms with van der Waals surface area (Å²) >= 11 is 0. The van der Waals surface area contributed by atoms with Crippen LogP contribution in [-0.2, 0) is 26.2 Å². The van der Waals surface area contributed by atoms with E-state index in [-0.39, 0.29) is 35.8 Å². The quantitative estimate of drug-likeness (QED) is 0.553. The molecule has 2 aliphatic heterocycles. The van der Waals surface area contributed by atoms with Gasteiger partial charge in [-0.3, -0.25) is 9.63 Å². The van der Waals surface area contributed by atoms with E-state index in [2.05, 4.69) is 18.0 Å². The fourth-order valence-electron chi connectivity index (χ4n) is 6.93. The van der Waals surface area contributed by atoms with E-state index in [1.807, 2.05) is 27.7 Å². The number of hydrogen-bond acceptors (Lipinski definition) is 7. The van der Waals surface area contributed by atoms with Crippen molar-refractivity contribution in [3.8, 4) is 11.5 Å². The number of esters is 1. The van der Waals surface area contributed by atoms with Crippen molar-refractivity contribution in [3.63, 3.8) is 0 Å². The summed E-state index contributed by atoms with van der Waals surface area (Å²) in [5.41, 5.74) is 1.82. The number of hydrogen-bond donors (Lipinski definition) is 1. The fraction of sp³-hybridized carbons (Fsp3) is 0.720. The van der Waals surface area contributed by atoms with Crippen molar-refractivity contribution in [1.82, 2.24) is 9.96 Å². The number of rotatable bonds is 5. The summed E-state index contributed by atoms with van der Waals surface area (Å²) in [4.78, 5) is 21.2. The van der Waals surface area contributed by atoms with Gasteiger partial charge in [0.2, 0.25) is 0 Å². The van der Waals surface area contributed by atoms with Gasteiger partial charge in [0.1, 0.15) is 18.2 Å². The van der Waals surface area contributed by atoms with Crippen molar-refractivity contribution in [3.05, 3.63) is 23.3 Å². The smallest absolute Gasteiger partial charge is 0.323 e. The van der Waals surface area contributed by atoms with Crippen molar-refractivity contribution in [1.29, 1.82) is 0 Å². The summed E-state index contributed by atoms with van der Waals surface area (Å²) in [6.45, 7) is 9.10. The number of phenolic OH excluding ortho intramolecular Hbond substituents is 1. The molecule has 32 heavy (non-hydrogen) atoms. The Hall–Kier alpha value is -1.83. The van der Waals surface area contributed by atoms with Gasteiger partial charge < -0.3 is 19.5 Å². The van der Waals surface area contributed by atoms with Crippen molar-refractivity contribution in [2.75, 3.05) is 26.7 Å². The lowest BCUT2D eigenvalue weighted by Gasteiger charge is -2.59. The van der Waals surface area contributed by atoms with Gasteiger partial charge >= 0.3 is 5.97 Å². The van der Waals surface area contributed by atoms with Crippen LogP contribution < -0.4 is 4.74 Å². The monoisotopic (exact) mass is 444 g/mol. The van der Waals surface area contributed by atoms with Crippen LogP contribution in [-0.4, -0.2) is 71.6 Å². The molecular formula is C25H36N2O5. The Morgan fingerprint density at radius 3 is 2.84 bits per heavy atom. The van der Waals surface area contributed by atoms with Crippen LogP contribution in [0.1, 0.15) is 58.1 Å². The third kappa shape index (κ3) is 3.24. The molecular weight excluding hydrogens is 408 g/mol. The molecule has 5 atom stereocenters. The van der Waals surface area contributed by atoms with Crippen LogP contribution in [0.3, 0.4) is 0 Å². The molecule has 1 N–H and O–H groups in total. The van der Waals surface area contributed by atoms with Crippen LogP contribution in [0.15, 0.2) is 12.1 Å². The Balaban J connectivity index is 1.52. The Labute approximate surface area is 190 Å². The van der Waals surface area contributed by atoms with Gasteiger partial charge in [-0.25, -0.2) is 0 Å². The van der Waals surface area contributed by atoms with Crippen molar-refractivity contribution < 1.29 is 24.2 Å². The van der Waals surface area contributed by atoms with Crippen molar-refractivity contribution in [2.24, 2.45) is 5.92 Å². The van der Waals surface area contributed by atoms with Crippen LogP contribution >= 0.6 is 0 Å². The van der Waals surface area contributed by atoms with Gasteiger partial charge in [-0.2, -0.15) is 5.06 Å². The Bertz CT molecular complexity index is 912. The van der Waals surface area contributed by atoms with E-state index in [0.29, 0.717) is 24.3 Å². The molecule has 1 spiro atoms. The zero-order valence-electron chi connectivity index (χ0n) is 19.9. The minimum Gasteiger partial charge on any atom is -0.504 e. The normalized spacial score (nSPS) is 33.1. The van der Waals surface area contributed by atoms with Crippen molar-refractivity contribution in [2.45, 2.75) is 82.6 Å². The lowest BCUT2D eigenvalue weighted by Crippen LogP contribution is -2.68. The lowest BCUT2D eigenvalue weighted by molar-refractivity contribution is -0.227. The van der Waals surface area contributed by atoms with Crippen LogP contribution in [0.2, 0.25) is 0 Å². The zero-order chi connectivity index (χ0) is 22.8. The maximum atomic E-state index is 12.7. The number of ether oxygens (including phenoxy) is 2. The first-order chi connectivity index (χ1) is 15.2. The second-order valence-electron chi connectivity index (χ2n) is 10.9. The summed E-state index contributed by atoms with van der Waals surface area (Å²) in [6.07, 6.45) is 3.76. The van der Waals surface area contributed by atoms with Crippen molar-refractivity contribution >= 4 is 5.97 Å². The molecule has 5 rings (SSSR count). The second kappa shape index (κ2) is 7.61. The molecule has 4 aliphatic rings. The number of nitrogens with zero attached hydrogens (tertiary/aromatic N) is 2. The minimum absolute atomic E-state index is 0.0644. The zero-order valence-corrected chi connectivity index (χ0v) is 19.9. The highest BCUT2D eigenvalue weighted by molar-refractivity contribution is 5.72. The number of aromatic hydroxyl groups is 1. The number of piperidine rings is 1. The first-order valence-corrected chi connectivity index (χ1v) is 12.0. The van der Waals surface area contributed by atoms with E-state index in [1.165, 1.54) is 11.1 Å². The first-order valence-electron chi connectivity index (χ1n) is 12.0. The number of benzene rings is 1. The van der Waals surface area contributed by atoms with Crippen LogP contribution in [0, 0.1) is 5.92 Å². The summed E-state index contributed by atoms with van der Waals surface area (Å²) < 4.78 is 12.2. The van der Waals surface area contributed by atoms with E-state index in [0.717, 1.165) is 32.2 Å². The first kappa shape index (κ1) is 22.0. The highest BCUT2D eigenvalue weighted by atomic mass is 16.7. The molecule has 0 amide bonds. The second-order valence-corrected chi connectivity index (χ2v) is 10.9. The molecule has 2 aliphatic carbocycles. The van der Waals surface area contributed by atoms with Gasteiger partial charge in [-0.15, -0.1) is 0 Å². The predicted octanol–water partition coefficient (Wildman–Crippen LogP) is 3.03. The molecule has 0 unspecified atom stereocenters. The topological polar surface area (TPSA) is 71.5 Å². The fourth-order valence-corrected chi connectivity index (χ4v) is 6.93. The average molecular weight is 445 g/mol. The van der Waals surface area contributed by atoms with Gasteiger partial charge in [-0.05, 0) is 84.5 Å². The third-order valence-electron chi connectivity index (χ3n) is 7.93. The summed E-state index contributed by atoms with van der Waals surface area (Å²) in [5, 5.41) is 12.5. The third-order valence-corrected chi connectivity index (χ3v) is 7.93. The van der Waals surface area contributed by atoms with E-state index < -0.39 is 5.60 Å². The van der Waals surface area contributed by atoms with E-state index in [4.69, 9.17) is 14.3 Å². The van der Waals surface area contributed by atoms with E-state index >= 15 is 0 Å². The molecule has 1 saturated heterocycles. The summed E-state index contributed by atoms with van der Waals surface area (Å²) in [7, 11) is 2.23. The SMILES string of the molecule is CCON(CC(=O)OC(C)(C)C)[C@H]1CC[C@H]2[C@H]3Cc4ccc(O)c5c4[C@@]2(CCN3C)[C@H]1O5. The van der Waals surface area contributed by atoms with Gasteiger partial charge in [-0.1, -0.05) is 6.07 Å². The summed E-state index contributed by atoms with van der Waals surface area (Å²) in [6, 6.07) is 4.24. The number of carbonyl (C=O) groups excluding carboxylic acids is 1. The highest BCUT2D eigenvalue weighted by Gasteiger charge is 2.66. The number of carbonyl (C=O) groups is 1. The van der Waals surface area contributed by atoms with E-state index in [9.17, 15) is 9.90 Å². The maximum absolute atomic E-state index is 12.7. The molecule has 7 nitrogen and oxygen atoms in total. The maximum Gasteiger partial charge on any atom is 0.323 e. The number of likely N-dealkylation sites (N-methyl/N-ethyl adjacent to an activating group) is 1. The predicted molar refractivity (Wildman–Crippen MR) is 120 cm³/mol. The highest BCUT2D eigenvalue weighted by Crippen LogP contribution is 2.64. The molecule has 1 aromatic rings. The van der Waals surface area contributed by atoms with Gasteiger partial charge in [0.25, 0.3) is 0 Å². The van der Waals surface area contributed by atoms with Gasteiger partial charge in [0, 0.05) is 17.0 Å². The van der Waals surface area contributed by atoms with E-state index in [1.54, 1.807) is 11.1 Å². The summed E-state index contributed by atoms with van der Waals surface area (Å²) in [5.74, 6) is 1.05.